The molecule has 1 aromatic heterocycles. The molecule has 0 atom stereocenters. The third kappa shape index (κ3) is 5.71. The van der Waals surface area contributed by atoms with Crippen molar-refractivity contribution in [2.45, 2.75) is 18.5 Å². The molecule has 0 aliphatic carbocycles. The number of nitrogens with one attached hydrogen (secondary N) is 2. The smallest absolute Gasteiger partial charge is 0.251 e. The van der Waals surface area contributed by atoms with E-state index in [-0.39, 0.29) is 17.6 Å². The van der Waals surface area contributed by atoms with Gasteiger partial charge in [-0.2, -0.15) is 0 Å². The Morgan fingerprint density at radius 1 is 0.912 bits per heavy atom. The molecule has 3 aromatic carbocycles. The third-order valence-electron chi connectivity index (χ3n) is 4.96. The highest BCUT2D eigenvalue weighted by atomic mass is 32.2. The highest BCUT2D eigenvalue weighted by molar-refractivity contribution is 7.99. The summed E-state index contributed by atoms with van der Waals surface area (Å²) in [4.78, 5) is 24.9. The Balaban J connectivity index is 1.48. The fraction of sp³-hybridized carbons (Fsp3) is 0.154. The molecular formula is C26H25N5O2S. The first-order valence-corrected chi connectivity index (χ1v) is 12.0. The van der Waals surface area contributed by atoms with E-state index in [1.807, 2.05) is 72.2 Å². The number of anilines is 1. The molecule has 7 nitrogen and oxygen atoms in total. The maximum absolute atomic E-state index is 12.7. The number of benzene rings is 3. The average Bonchev–Trinajstić information content (AvgIpc) is 3.31. The molecule has 2 N–H and O–H groups in total. The zero-order valence-electron chi connectivity index (χ0n) is 18.8. The fourth-order valence-electron chi connectivity index (χ4n) is 3.35. The van der Waals surface area contributed by atoms with Gasteiger partial charge in [0.2, 0.25) is 5.91 Å². The van der Waals surface area contributed by atoms with Gasteiger partial charge in [-0.15, -0.1) is 10.2 Å². The zero-order chi connectivity index (χ0) is 23.8. The van der Waals surface area contributed by atoms with Crippen molar-refractivity contribution < 1.29 is 9.59 Å². The molecule has 0 aliphatic rings. The van der Waals surface area contributed by atoms with E-state index in [2.05, 4.69) is 20.8 Å². The van der Waals surface area contributed by atoms with Gasteiger partial charge in [0.25, 0.3) is 5.91 Å². The Morgan fingerprint density at radius 3 is 2.38 bits per heavy atom. The van der Waals surface area contributed by atoms with Gasteiger partial charge in [0.05, 0.1) is 5.75 Å². The molecule has 0 spiro atoms. The van der Waals surface area contributed by atoms with Crippen LogP contribution >= 0.6 is 11.8 Å². The van der Waals surface area contributed by atoms with E-state index < -0.39 is 0 Å². The second-order valence-corrected chi connectivity index (χ2v) is 8.46. The highest BCUT2D eigenvalue weighted by Crippen LogP contribution is 2.28. The van der Waals surface area contributed by atoms with Crippen LogP contribution in [0.3, 0.4) is 0 Å². The SMILES string of the molecule is CCCNC(=O)c1cccc(NC(=O)CSc2nnc(-c3ccccc3)n2-c2ccccc2)c1. The van der Waals surface area contributed by atoms with Crippen molar-refractivity contribution >= 4 is 29.3 Å². The Morgan fingerprint density at radius 2 is 1.65 bits per heavy atom. The molecule has 4 aromatic rings. The number of carbonyl (C=O) groups excluding carboxylic acids is 2. The number of hydrogen-bond acceptors (Lipinski definition) is 5. The Bertz CT molecular complexity index is 1260. The zero-order valence-corrected chi connectivity index (χ0v) is 19.6. The van der Waals surface area contributed by atoms with E-state index >= 15 is 0 Å². The minimum atomic E-state index is -0.194. The minimum absolute atomic E-state index is 0.145. The number of para-hydroxylation sites is 1. The summed E-state index contributed by atoms with van der Waals surface area (Å²) in [6, 6.07) is 26.6. The number of nitrogens with zero attached hydrogens (tertiary/aromatic N) is 3. The van der Waals surface area contributed by atoms with Crippen LogP contribution in [0.1, 0.15) is 23.7 Å². The molecule has 4 rings (SSSR count). The molecular weight excluding hydrogens is 446 g/mol. The summed E-state index contributed by atoms with van der Waals surface area (Å²) < 4.78 is 1.95. The normalized spacial score (nSPS) is 10.6. The van der Waals surface area contributed by atoms with E-state index in [0.29, 0.717) is 28.8 Å². The van der Waals surface area contributed by atoms with Gasteiger partial charge in [-0.1, -0.05) is 73.3 Å². The Kier molecular flexibility index (Phi) is 7.72. The summed E-state index contributed by atoms with van der Waals surface area (Å²) in [6.45, 7) is 2.61. The molecule has 0 aliphatic heterocycles. The van der Waals surface area contributed by atoms with E-state index in [4.69, 9.17) is 0 Å². The first kappa shape index (κ1) is 23.3. The Labute approximate surface area is 202 Å². The van der Waals surface area contributed by atoms with E-state index in [1.54, 1.807) is 24.3 Å². The summed E-state index contributed by atoms with van der Waals surface area (Å²) in [5.74, 6) is 0.503. The van der Waals surface area contributed by atoms with Crippen molar-refractivity contribution in [3.8, 4) is 17.1 Å². The van der Waals surface area contributed by atoms with E-state index in [0.717, 1.165) is 17.7 Å². The molecule has 0 unspecified atom stereocenters. The number of thioether (sulfide) groups is 1. The topological polar surface area (TPSA) is 88.9 Å². The van der Waals surface area contributed by atoms with Crippen molar-refractivity contribution in [3.05, 3.63) is 90.5 Å². The average molecular weight is 472 g/mol. The van der Waals surface area contributed by atoms with Crippen LogP contribution in [0.15, 0.2) is 90.1 Å². The highest BCUT2D eigenvalue weighted by Gasteiger charge is 2.17. The van der Waals surface area contributed by atoms with Crippen LogP contribution in [0, 0.1) is 0 Å². The second-order valence-electron chi connectivity index (χ2n) is 7.52. The molecule has 1 heterocycles. The summed E-state index contributed by atoms with van der Waals surface area (Å²) in [5, 5.41) is 15.1. The molecule has 0 fully saturated rings. The first-order valence-electron chi connectivity index (χ1n) is 11.0. The van der Waals surface area contributed by atoms with Crippen molar-refractivity contribution in [1.82, 2.24) is 20.1 Å². The number of aromatic nitrogens is 3. The van der Waals surface area contributed by atoms with Gasteiger partial charge in [-0.3, -0.25) is 14.2 Å². The van der Waals surface area contributed by atoms with Gasteiger partial charge in [0.15, 0.2) is 11.0 Å². The molecule has 8 heteroatoms. The van der Waals surface area contributed by atoms with Crippen LogP contribution < -0.4 is 10.6 Å². The predicted octanol–water partition coefficient (Wildman–Crippen LogP) is 4.80. The molecule has 0 saturated carbocycles. The van der Waals surface area contributed by atoms with E-state index in [9.17, 15) is 9.59 Å². The number of rotatable bonds is 9. The van der Waals surface area contributed by atoms with Gasteiger partial charge < -0.3 is 10.6 Å². The lowest BCUT2D eigenvalue weighted by Gasteiger charge is -2.11. The number of amides is 2. The van der Waals surface area contributed by atoms with Gasteiger partial charge in [0, 0.05) is 29.0 Å². The van der Waals surface area contributed by atoms with Gasteiger partial charge >= 0.3 is 0 Å². The van der Waals surface area contributed by atoms with Crippen LogP contribution in [-0.4, -0.2) is 38.9 Å². The molecule has 0 saturated heterocycles. The molecule has 0 radical (unpaired) electrons. The van der Waals surface area contributed by atoms with Crippen molar-refractivity contribution in [2.75, 3.05) is 17.6 Å². The largest absolute Gasteiger partial charge is 0.352 e. The maximum Gasteiger partial charge on any atom is 0.251 e. The van der Waals surface area contributed by atoms with Crippen LogP contribution in [0.2, 0.25) is 0 Å². The quantitative estimate of drug-likeness (QED) is 0.342. The number of hydrogen-bond donors (Lipinski definition) is 2. The monoisotopic (exact) mass is 471 g/mol. The standard InChI is InChI=1S/C26H25N5O2S/c1-2-16-27-25(33)20-12-9-13-21(17-20)28-23(32)18-34-26-30-29-24(19-10-5-3-6-11-19)31(26)22-14-7-4-8-15-22/h3-15,17H,2,16,18H2,1H3,(H,27,33)(H,28,32). The molecule has 172 valence electrons. The summed E-state index contributed by atoms with van der Waals surface area (Å²) >= 11 is 1.30. The summed E-state index contributed by atoms with van der Waals surface area (Å²) in [6.07, 6.45) is 0.860. The maximum atomic E-state index is 12.7. The van der Waals surface area contributed by atoms with Gasteiger partial charge in [0.1, 0.15) is 0 Å². The van der Waals surface area contributed by atoms with Crippen molar-refractivity contribution in [2.24, 2.45) is 0 Å². The van der Waals surface area contributed by atoms with Gasteiger partial charge in [-0.05, 0) is 36.8 Å². The lowest BCUT2D eigenvalue weighted by molar-refractivity contribution is -0.113. The third-order valence-corrected chi connectivity index (χ3v) is 5.89. The second kappa shape index (κ2) is 11.3. The van der Waals surface area contributed by atoms with Crippen LogP contribution in [0.5, 0.6) is 0 Å². The fourth-order valence-corrected chi connectivity index (χ4v) is 4.11. The summed E-state index contributed by atoms with van der Waals surface area (Å²) in [5.41, 5.74) is 2.94. The number of carbonyl (C=O) groups is 2. The van der Waals surface area contributed by atoms with Crippen molar-refractivity contribution in [1.29, 1.82) is 0 Å². The van der Waals surface area contributed by atoms with Crippen LogP contribution in [0.25, 0.3) is 17.1 Å². The van der Waals surface area contributed by atoms with Crippen molar-refractivity contribution in [3.63, 3.8) is 0 Å². The lowest BCUT2D eigenvalue weighted by atomic mass is 10.2. The molecule has 0 bridgehead atoms. The molecule has 2 amide bonds. The van der Waals surface area contributed by atoms with Crippen LogP contribution in [0.4, 0.5) is 5.69 Å². The predicted molar refractivity (Wildman–Crippen MR) is 135 cm³/mol. The minimum Gasteiger partial charge on any atom is -0.352 e. The first-order chi connectivity index (χ1) is 16.7. The lowest BCUT2D eigenvalue weighted by Crippen LogP contribution is -2.24. The van der Waals surface area contributed by atoms with Gasteiger partial charge in [-0.25, -0.2) is 0 Å². The van der Waals surface area contributed by atoms with E-state index in [1.165, 1.54) is 11.8 Å². The molecule has 34 heavy (non-hydrogen) atoms. The summed E-state index contributed by atoms with van der Waals surface area (Å²) in [7, 11) is 0. The van der Waals surface area contributed by atoms with Crippen LogP contribution in [-0.2, 0) is 4.79 Å². The Hall–Kier alpha value is -3.91.